The second-order valence-electron chi connectivity index (χ2n) is 7.53. The maximum atomic E-state index is 13.1. The zero-order chi connectivity index (χ0) is 18.3. The van der Waals surface area contributed by atoms with E-state index in [4.69, 9.17) is 16.3 Å². The standard InChI is InChI=1S/C20H23ClN2O3/c1-26-17-4-2-7-20(17)8-3-9-23(12-20)19(25)15-11-22-16-10-13(21)5-6-14(16)18(15)24/h5-6,10-11,17H,2-4,7-9,12H2,1H3,(H,22,24)/t17-,20+/m1/s1. The normalized spacial score (nSPS) is 25.9. The van der Waals surface area contributed by atoms with Crippen molar-refractivity contribution >= 4 is 28.4 Å². The SMILES string of the molecule is CO[C@@H]1CCC[C@@]12CCCN(C(=O)c1c[nH]c3cc(Cl)ccc3c1=O)C2. The van der Waals surface area contributed by atoms with Gasteiger partial charge < -0.3 is 14.6 Å². The summed E-state index contributed by atoms with van der Waals surface area (Å²) in [5, 5.41) is 1.04. The molecule has 5 nitrogen and oxygen atoms in total. The molecule has 6 heteroatoms. The van der Waals surface area contributed by atoms with Crippen molar-refractivity contribution in [3.8, 4) is 0 Å². The maximum Gasteiger partial charge on any atom is 0.259 e. The molecule has 1 aliphatic heterocycles. The number of fused-ring (bicyclic) bond motifs is 1. The minimum absolute atomic E-state index is 0.0415. The molecule has 1 saturated carbocycles. The first-order valence-electron chi connectivity index (χ1n) is 9.17. The van der Waals surface area contributed by atoms with Gasteiger partial charge in [0.05, 0.1) is 11.6 Å². The average molecular weight is 375 g/mol. The monoisotopic (exact) mass is 374 g/mol. The molecule has 1 aromatic carbocycles. The lowest BCUT2D eigenvalue weighted by Gasteiger charge is -2.43. The molecule has 1 spiro atoms. The van der Waals surface area contributed by atoms with Crippen molar-refractivity contribution in [2.45, 2.75) is 38.2 Å². The fourth-order valence-electron chi connectivity index (χ4n) is 4.80. The molecule has 1 N–H and O–H groups in total. The number of halogens is 1. The molecule has 4 rings (SSSR count). The average Bonchev–Trinajstić information content (AvgIpc) is 3.03. The van der Waals surface area contributed by atoms with E-state index >= 15 is 0 Å². The number of methoxy groups -OCH3 is 1. The smallest absolute Gasteiger partial charge is 0.259 e. The van der Waals surface area contributed by atoms with Crippen LogP contribution in [-0.2, 0) is 4.74 Å². The van der Waals surface area contributed by atoms with Crippen LogP contribution in [0.15, 0.2) is 29.2 Å². The second-order valence-corrected chi connectivity index (χ2v) is 7.97. The van der Waals surface area contributed by atoms with E-state index in [0.29, 0.717) is 29.0 Å². The van der Waals surface area contributed by atoms with Crippen LogP contribution in [0.5, 0.6) is 0 Å². The van der Waals surface area contributed by atoms with E-state index in [1.165, 1.54) is 6.20 Å². The number of amides is 1. The first-order valence-corrected chi connectivity index (χ1v) is 9.55. The molecule has 1 aliphatic carbocycles. The van der Waals surface area contributed by atoms with Gasteiger partial charge in [0.25, 0.3) is 5.91 Å². The van der Waals surface area contributed by atoms with Crippen LogP contribution >= 0.6 is 11.6 Å². The number of nitrogens with one attached hydrogen (secondary N) is 1. The summed E-state index contributed by atoms with van der Waals surface area (Å²) in [5.41, 5.74) is 0.641. The minimum atomic E-state index is -0.241. The number of hydrogen-bond donors (Lipinski definition) is 1. The van der Waals surface area contributed by atoms with Gasteiger partial charge in [0.1, 0.15) is 5.56 Å². The van der Waals surface area contributed by atoms with E-state index in [0.717, 1.165) is 32.1 Å². The number of carbonyl (C=O) groups excluding carboxylic acids is 1. The summed E-state index contributed by atoms with van der Waals surface area (Å²) in [5.74, 6) is -0.191. The Morgan fingerprint density at radius 3 is 2.96 bits per heavy atom. The predicted octanol–water partition coefficient (Wildman–Crippen LogP) is 3.60. The Hall–Kier alpha value is -1.85. The number of benzene rings is 1. The highest BCUT2D eigenvalue weighted by molar-refractivity contribution is 6.31. The van der Waals surface area contributed by atoms with Crippen molar-refractivity contribution in [1.29, 1.82) is 0 Å². The molecule has 26 heavy (non-hydrogen) atoms. The highest BCUT2D eigenvalue weighted by Gasteiger charge is 2.46. The molecule has 2 aliphatic rings. The number of hydrogen-bond acceptors (Lipinski definition) is 3. The Morgan fingerprint density at radius 2 is 2.15 bits per heavy atom. The van der Waals surface area contributed by atoms with Crippen LogP contribution in [0.25, 0.3) is 10.9 Å². The number of ether oxygens (including phenoxy) is 1. The van der Waals surface area contributed by atoms with E-state index in [9.17, 15) is 9.59 Å². The number of aromatic amines is 1. The first kappa shape index (κ1) is 17.6. The molecule has 2 fully saturated rings. The molecular formula is C20H23ClN2O3. The quantitative estimate of drug-likeness (QED) is 0.873. The largest absolute Gasteiger partial charge is 0.381 e. The third-order valence-corrected chi connectivity index (χ3v) is 6.31. The van der Waals surface area contributed by atoms with Gasteiger partial charge >= 0.3 is 0 Å². The van der Waals surface area contributed by atoms with Crippen molar-refractivity contribution in [2.24, 2.45) is 5.41 Å². The van der Waals surface area contributed by atoms with Crippen molar-refractivity contribution in [2.75, 3.05) is 20.2 Å². The van der Waals surface area contributed by atoms with Crippen LogP contribution in [0, 0.1) is 5.41 Å². The van der Waals surface area contributed by atoms with Gasteiger partial charge in [0.2, 0.25) is 5.43 Å². The molecule has 2 atom stereocenters. The number of piperidine rings is 1. The van der Waals surface area contributed by atoms with Crippen LogP contribution < -0.4 is 5.43 Å². The molecule has 1 saturated heterocycles. The van der Waals surface area contributed by atoms with E-state index in [-0.39, 0.29) is 28.4 Å². The first-order chi connectivity index (χ1) is 12.5. The Labute approximate surface area is 157 Å². The van der Waals surface area contributed by atoms with Gasteiger partial charge in [-0.1, -0.05) is 18.0 Å². The number of rotatable bonds is 2. The summed E-state index contributed by atoms with van der Waals surface area (Å²) in [6, 6.07) is 5.04. The minimum Gasteiger partial charge on any atom is -0.381 e. The van der Waals surface area contributed by atoms with Gasteiger partial charge in [-0.2, -0.15) is 0 Å². The lowest BCUT2D eigenvalue weighted by atomic mass is 9.76. The molecule has 1 amide bonds. The Bertz CT molecular complexity index is 910. The lowest BCUT2D eigenvalue weighted by molar-refractivity contribution is -0.0295. The van der Waals surface area contributed by atoms with E-state index in [1.807, 2.05) is 4.90 Å². The fourth-order valence-corrected chi connectivity index (χ4v) is 4.97. The third kappa shape index (κ3) is 2.83. The molecule has 1 aromatic heterocycles. The van der Waals surface area contributed by atoms with Crippen molar-refractivity contribution in [3.63, 3.8) is 0 Å². The maximum absolute atomic E-state index is 13.1. The number of likely N-dealkylation sites (tertiary alicyclic amines) is 1. The number of aromatic nitrogens is 1. The number of pyridine rings is 1. The van der Waals surface area contributed by atoms with E-state index in [1.54, 1.807) is 25.3 Å². The summed E-state index contributed by atoms with van der Waals surface area (Å²) in [7, 11) is 1.76. The molecular weight excluding hydrogens is 352 g/mol. The number of H-pyrrole nitrogens is 1. The Balaban J connectivity index is 1.65. The van der Waals surface area contributed by atoms with Gasteiger partial charge in [-0.3, -0.25) is 9.59 Å². The van der Waals surface area contributed by atoms with E-state index < -0.39 is 0 Å². The third-order valence-electron chi connectivity index (χ3n) is 6.08. The summed E-state index contributed by atoms with van der Waals surface area (Å²) in [6.45, 7) is 1.36. The van der Waals surface area contributed by atoms with Crippen LogP contribution in [-0.4, -0.2) is 42.1 Å². The summed E-state index contributed by atoms with van der Waals surface area (Å²) in [4.78, 5) is 30.8. The van der Waals surface area contributed by atoms with E-state index in [2.05, 4.69) is 4.98 Å². The van der Waals surface area contributed by atoms with Crippen LogP contribution in [0.1, 0.15) is 42.5 Å². The summed E-state index contributed by atoms with van der Waals surface area (Å²) in [6.07, 6.45) is 7.03. The van der Waals surface area contributed by atoms with Crippen molar-refractivity contribution < 1.29 is 9.53 Å². The highest BCUT2D eigenvalue weighted by Crippen LogP contribution is 2.46. The zero-order valence-electron chi connectivity index (χ0n) is 14.9. The molecule has 2 heterocycles. The molecule has 0 bridgehead atoms. The highest BCUT2D eigenvalue weighted by atomic mass is 35.5. The van der Waals surface area contributed by atoms with Crippen LogP contribution in [0.2, 0.25) is 5.02 Å². The predicted molar refractivity (Wildman–Crippen MR) is 102 cm³/mol. The summed E-state index contributed by atoms with van der Waals surface area (Å²) < 4.78 is 5.71. The van der Waals surface area contributed by atoms with Crippen LogP contribution in [0.3, 0.4) is 0 Å². The van der Waals surface area contributed by atoms with Crippen LogP contribution in [0.4, 0.5) is 0 Å². The fraction of sp³-hybridized carbons (Fsp3) is 0.500. The number of nitrogens with zero attached hydrogens (tertiary/aromatic N) is 1. The van der Waals surface area contributed by atoms with Crippen molar-refractivity contribution in [1.82, 2.24) is 9.88 Å². The Morgan fingerprint density at radius 1 is 1.35 bits per heavy atom. The number of carbonyl (C=O) groups is 1. The molecule has 138 valence electrons. The van der Waals surface area contributed by atoms with Gasteiger partial charge in [0.15, 0.2) is 0 Å². The van der Waals surface area contributed by atoms with Gasteiger partial charge in [-0.25, -0.2) is 0 Å². The lowest BCUT2D eigenvalue weighted by Crippen LogP contribution is -2.50. The van der Waals surface area contributed by atoms with Gasteiger partial charge in [-0.05, 0) is 43.9 Å². The van der Waals surface area contributed by atoms with Gasteiger partial charge in [0, 0.05) is 42.2 Å². The van der Waals surface area contributed by atoms with Crippen molar-refractivity contribution in [3.05, 3.63) is 45.2 Å². The second kappa shape index (κ2) is 6.71. The summed E-state index contributed by atoms with van der Waals surface area (Å²) >= 11 is 5.98. The zero-order valence-corrected chi connectivity index (χ0v) is 15.6. The Kier molecular flexibility index (Phi) is 4.53. The molecule has 0 unspecified atom stereocenters. The topological polar surface area (TPSA) is 62.4 Å². The molecule has 2 aromatic rings. The van der Waals surface area contributed by atoms with Gasteiger partial charge in [-0.15, -0.1) is 0 Å². The molecule has 0 radical (unpaired) electrons.